The van der Waals surface area contributed by atoms with E-state index in [0.29, 0.717) is 0 Å². The van der Waals surface area contributed by atoms with Gasteiger partial charge >= 0.3 is 10.5 Å². The molecule has 140 valence electrons. The van der Waals surface area contributed by atoms with Crippen LogP contribution in [0.4, 0.5) is 3.89 Å². The second kappa shape index (κ2) is 8.54. The first-order valence-corrected chi connectivity index (χ1v) is 8.71. The Labute approximate surface area is 148 Å². The van der Waals surface area contributed by atoms with E-state index in [0.717, 1.165) is 17.0 Å². The van der Waals surface area contributed by atoms with Gasteiger partial charge in [0.25, 0.3) is 17.7 Å². The normalized spacial score (nSPS) is 14.0. The van der Waals surface area contributed by atoms with Gasteiger partial charge in [-0.25, -0.2) is 0 Å². The fraction of sp³-hybridized carbons (Fsp3) is 0.267. The number of halogens is 1. The molecule has 0 saturated carbocycles. The van der Waals surface area contributed by atoms with Crippen molar-refractivity contribution in [3.8, 4) is 5.75 Å². The van der Waals surface area contributed by atoms with Gasteiger partial charge < -0.3 is 14.2 Å². The summed E-state index contributed by atoms with van der Waals surface area (Å²) in [6, 6.07) is 4.82. The predicted octanol–water partition coefficient (Wildman–Crippen LogP) is -0.0489. The molecule has 1 heterocycles. The van der Waals surface area contributed by atoms with Crippen molar-refractivity contribution in [3.63, 3.8) is 0 Å². The first-order valence-electron chi connectivity index (χ1n) is 7.40. The smallest absolute Gasteiger partial charge is 0.378 e. The van der Waals surface area contributed by atoms with Crippen molar-refractivity contribution in [2.24, 2.45) is 0 Å². The Hall–Kier alpha value is -2.79. The van der Waals surface area contributed by atoms with Crippen LogP contribution in [0.5, 0.6) is 5.75 Å². The third-order valence-electron chi connectivity index (χ3n) is 3.20. The van der Waals surface area contributed by atoms with Crippen LogP contribution in [-0.4, -0.2) is 57.3 Å². The van der Waals surface area contributed by atoms with E-state index in [1.807, 2.05) is 0 Å². The molecule has 1 aliphatic rings. The fourth-order valence-corrected chi connectivity index (χ4v) is 2.37. The van der Waals surface area contributed by atoms with E-state index >= 15 is 0 Å². The number of ether oxygens (including phenoxy) is 1. The maximum absolute atomic E-state index is 12.4. The van der Waals surface area contributed by atoms with Crippen molar-refractivity contribution in [1.29, 1.82) is 0 Å². The molecule has 9 nitrogen and oxygen atoms in total. The Kier molecular flexibility index (Phi) is 6.41. The van der Waals surface area contributed by atoms with E-state index in [1.165, 1.54) is 24.3 Å². The molecule has 1 aliphatic heterocycles. The minimum Gasteiger partial charge on any atom is -0.378 e. The zero-order chi connectivity index (χ0) is 19.2. The number of nitrogens with one attached hydrogen (secondary N) is 1. The first-order chi connectivity index (χ1) is 12.3. The third-order valence-corrected chi connectivity index (χ3v) is 3.60. The average Bonchev–Trinajstić information content (AvgIpc) is 2.88. The van der Waals surface area contributed by atoms with Crippen molar-refractivity contribution in [1.82, 2.24) is 10.2 Å². The summed E-state index contributed by atoms with van der Waals surface area (Å²) in [5.41, 5.74) is 0.216. The van der Waals surface area contributed by atoms with Crippen LogP contribution in [0.2, 0.25) is 0 Å². The van der Waals surface area contributed by atoms with Crippen LogP contribution < -0.4 is 9.50 Å². The Morgan fingerprint density at radius 2 is 1.69 bits per heavy atom. The van der Waals surface area contributed by atoms with Gasteiger partial charge in [-0.2, -0.15) is 8.42 Å². The van der Waals surface area contributed by atoms with Gasteiger partial charge in [0.2, 0.25) is 0 Å². The number of rotatable bonds is 9. The lowest BCUT2D eigenvalue weighted by molar-refractivity contribution is -0.137. The first kappa shape index (κ1) is 19.5. The predicted molar refractivity (Wildman–Crippen MR) is 86.1 cm³/mol. The summed E-state index contributed by atoms with van der Waals surface area (Å²) in [4.78, 5) is 35.5. The van der Waals surface area contributed by atoms with Gasteiger partial charge in [0, 0.05) is 24.3 Å². The van der Waals surface area contributed by atoms with Gasteiger partial charge in [-0.1, -0.05) is 3.89 Å². The van der Waals surface area contributed by atoms with Gasteiger partial charge in [-0.05, 0) is 24.3 Å². The minimum absolute atomic E-state index is 0.123. The van der Waals surface area contributed by atoms with Crippen molar-refractivity contribution in [2.45, 2.75) is 0 Å². The number of carbonyl (C=O) groups is 3. The summed E-state index contributed by atoms with van der Waals surface area (Å²) in [5, 5.41) is 2.56. The van der Waals surface area contributed by atoms with Crippen LogP contribution in [0.3, 0.4) is 0 Å². The summed E-state index contributed by atoms with van der Waals surface area (Å²) in [6.45, 7) is 0.600. The standard InChI is InChI=1S/C15H15FN2O7S/c16-26(22,23)25-12-3-1-11(2-4-12)15(21)17-7-9-24-10-8-18-13(19)5-6-14(18)20/h1-6H,7-10H2,(H,17,21). The Balaban J connectivity index is 1.66. The lowest BCUT2D eigenvalue weighted by Gasteiger charge is -2.13. The number of amides is 3. The molecule has 0 radical (unpaired) electrons. The largest absolute Gasteiger partial charge is 0.488 e. The topological polar surface area (TPSA) is 119 Å². The van der Waals surface area contributed by atoms with Crippen LogP contribution in [0.15, 0.2) is 36.4 Å². The van der Waals surface area contributed by atoms with Gasteiger partial charge in [0.1, 0.15) is 5.75 Å². The Bertz CT molecular complexity index is 803. The van der Waals surface area contributed by atoms with E-state index < -0.39 is 16.4 Å². The summed E-state index contributed by atoms with van der Waals surface area (Å²) in [7, 11) is -5.11. The molecule has 0 fully saturated rings. The van der Waals surface area contributed by atoms with E-state index in [1.54, 1.807) is 0 Å². The fourth-order valence-electron chi connectivity index (χ4n) is 2.03. The molecular weight excluding hydrogens is 371 g/mol. The SMILES string of the molecule is O=C(NCCOCCN1C(=O)C=CC1=O)c1ccc(OS(=O)(=O)F)cc1. The molecule has 0 unspecified atom stereocenters. The van der Waals surface area contributed by atoms with Crippen LogP contribution in [-0.2, 0) is 24.8 Å². The van der Waals surface area contributed by atoms with E-state index in [2.05, 4.69) is 9.50 Å². The molecule has 0 bridgehead atoms. The molecule has 1 N–H and O–H groups in total. The van der Waals surface area contributed by atoms with Crippen molar-refractivity contribution >= 4 is 28.2 Å². The van der Waals surface area contributed by atoms with Crippen LogP contribution in [0, 0.1) is 0 Å². The number of nitrogens with zero attached hydrogens (tertiary/aromatic N) is 1. The molecule has 0 aromatic heterocycles. The second-order valence-corrected chi connectivity index (χ2v) is 5.98. The quantitative estimate of drug-likeness (QED) is 0.359. The van der Waals surface area contributed by atoms with Gasteiger partial charge in [-0.3, -0.25) is 19.3 Å². The van der Waals surface area contributed by atoms with Crippen molar-refractivity contribution in [3.05, 3.63) is 42.0 Å². The zero-order valence-electron chi connectivity index (χ0n) is 13.4. The number of benzene rings is 1. The van der Waals surface area contributed by atoms with Gasteiger partial charge in [0.15, 0.2) is 0 Å². The van der Waals surface area contributed by atoms with E-state index in [9.17, 15) is 26.7 Å². The summed E-state index contributed by atoms with van der Waals surface area (Å²) in [6.07, 6.45) is 2.36. The maximum Gasteiger partial charge on any atom is 0.488 e. The molecule has 1 aromatic rings. The summed E-state index contributed by atoms with van der Waals surface area (Å²) in [5.74, 6) is -1.48. The number of imide groups is 1. The number of hydrogen-bond donors (Lipinski definition) is 1. The molecule has 1 aromatic carbocycles. The highest BCUT2D eigenvalue weighted by atomic mass is 32.3. The number of carbonyl (C=O) groups excluding carboxylic acids is 3. The van der Waals surface area contributed by atoms with E-state index in [-0.39, 0.29) is 49.4 Å². The molecule has 0 spiro atoms. The monoisotopic (exact) mass is 386 g/mol. The van der Waals surface area contributed by atoms with E-state index in [4.69, 9.17) is 4.74 Å². The molecule has 2 rings (SSSR count). The lowest BCUT2D eigenvalue weighted by Crippen LogP contribution is -2.34. The average molecular weight is 386 g/mol. The molecule has 11 heteroatoms. The molecule has 0 atom stereocenters. The minimum atomic E-state index is -5.11. The number of hydrogen-bond acceptors (Lipinski definition) is 7. The molecular formula is C15H15FN2O7S. The Morgan fingerprint density at radius 3 is 2.27 bits per heavy atom. The molecule has 0 aliphatic carbocycles. The van der Waals surface area contributed by atoms with Gasteiger partial charge in [0.05, 0.1) is 19.8 Å². The third kappa shape index (κ3) is 5.93. The Morgan fingerprint density at radius 1 is 1.08 bits per heavy atom. The van der Waals surface area contributed by atoms with Crippen LogP contribution in [0.25, 0.3) is 0 Å². The van der Waals surface area contributed by atoms with Crippen molar-refractivity contribution in [2.75, 3.05) is 26.3 Å². The molecule has 3 amide bonds. The highest BCUT2D eigenvalue weighted by molar-refractivity contribution is 7.81. The highest BCUT2D eigenvalue weighted by Crippen LogP contribution is 2.14. The maximum atomic E-state index is 12.4. The summed E-state index contributed by atoms with van der Waals surface area (Å²) < 4.78 is 42.3. The van der Waals surface area contributed by atoms with Crippen LogP contribution >= 0.6 is 0 Å². The molecule has 0 saturated heterocycles. The summed E-state index contributed by atoms with van der Waals surface area (Å²) >= 11 is 0. The van der Waals surface area contributed by atoms with Crippen LogP contribution in [0.1, 0.15) is 10.4 Å². The lowest BCUT2D eigenvalue weighted by atomic mass is 10.2. The van der Waals surface area contributed by atoms with Gasteiger partial charge in [-0.15, -0.1) is 0 Å². The highest BCUT2D eigenvalue weighted by Gasteiger charge is 2.22. The zero-order valence-corrected chi connectivity index (χ0v) is 14.2. The second-order valence-electron chi connectivity index (χ2n) is 5.03. The van der Waals surface area contributed by atoms with Crippen molar-refractivity contribution < 1.29 is 35.6 Å². The molecule has 26 heavy (non-hydrogen) atoms.